The zero-order chi connectivity index (χ0) is 8.91. The van der Waals surface area contributed by atoms with Crippen LogP contribution in [0.1, 0.15) is 0 Å². The fourth-order valence-corrected chi connectivity index (χ4v) is 0.753. The number of carbonyl (C=O) groups is 2. The van der Waals surface area contributed by atoms with Crippen LogP contribution in [0.15, 0.2) is 12.7 Å². The maximum atomic E-state index is 10.9. The average molecular weight is 192 g/mol. The van der Waals surface area contributed by atoms with Gasteiger partial charge in [0.1, 0.15) is 13.1 Å². The van der Waals surface area contributed by atoms with Gasteiger partial charge in [0, 0.05) is 0 Å². The summed E-state index contributed by atoms with van der Waals surface area (Å²) in [5.41, 5.74) is 0. The van der Waals surface area contributed by atoms with Crippen molar-refractivity contribution in [3.63, 3.8) is 0 Å². The van der Waals surface area contributed by atoms with E-state index in [0.29, 0.717) is 17.6 Å². The number of hydrogen-bond acceptors (Lipinski definition) is 2. The number of rotatable bonds is 5. The van der Waals surface area contributed by atoms with Crippen LogP contribution < -0.4 is 12.4 Å². The fourth-order valence-electron chi connectivity index (χ4n) is 0.753. The molecule has 0 aliphatic carbocycles. The van der Waals surface area contributed by atoms with Crippen LogP contribution in [-0.2, 0) is 9.59 Å². The Bertz CT molecular complexity index is 178. The molecule has 0 aromatic rings. The highest BCUT2D eigenvalue weighted by atomic mass is 35.5. The van der Waals surface area contributed by atoms with Crippen molar-refractivity contribution in [3.05, 3.63) is 12.7 Å². The largest absolute Gasteiger partial charge is 1.00 e. The molecule has 4 heteroatoms. The SMILES string of the molecule is C=CC(=O)C[N+](C)(C)CC=O.[Cl-]. The number of carbonyl (C=O) groups excluding carboxylic acids is 2. The van der Waals surface area contributed by atoms with E-state index in [1.165, 1.54) is 6.08 Å². The molecule has 0 unspecified atom stereocenters. The van der Waals surface area contributed by atoms with E-state index in [9.17, 15) is 9.59 Å². The van der Waals surface area contributed by atoms with Gasteiger partial charge in [-0.05, 0) is 6.08 Å². The summed E-state index contributed by atoms with van der Waals surface area (Å²) in [6, 6.07) is 0. The molecular weight excluding hydrogens is 178 g/mol. The van der Waals surface area contributed by atoms with Crippen LogP contribution in [0.3, 0.4) is 0 Å². The molecule has 0 aromatic heterocycles. The molecule has 0 N–H and O–H groups in total. The predicted molar refractivity (Wildman–Crippen MR) is 43.1 cm³/mol. The first kappa shape index (κ1) is 13.9. The Hall–Kier alpha value is -0.670. The van der Waals surface area contributed by atoms with Gasteiger partial charge in [0.15, 0.2) is 6.29 Å². The maximum absolute atomic E-state index is 10.9. The monoisotopic (exact) mass is 191 g/mol. The van der Waals surface area contributed by atoms with Gasteiger partial charge in [-0.1, -0.05) is 6.58 Å². The summed E-state index contributed by atoms with van der Waals surface area (Å²) in [6.45, 7) is 4.05. The van der Waals surface area contributed by atoms with Gasteiger partial charge in [0.05, 0.1) is 14.1 Å². The number of aldehydes is 1. The number of ketones is 1. The van der Waals surface area contributed by atoms with Crippen molar-refractivity contribution in [2.24, 2.45) is 0 Å². The summed E-state index contributed by atoms with van der Waals surface area (Å²) in [5.74, 6) is -0.0307. The predicted octanol–water partition coefficient (Wildman–Crippen LogP) is -2.98. The first-order valence-electron chi connectivity index (χ1n) is 3.43. The first-order valence-corrected chi connectivity index (χ1v) is 3.43. The van der Waals surface area contributed by atoms with Gasteiger partial charge in [0.2, 0.25) is 5.78 Å². The third kappa shape index (κ3) is 6.07. The Morgan fingerprint density at radius 3 is 2.33 bits per heavy atom. The van der Waals surface area contributed by atoms with Gasteiger partial charge in [-0.25, -0.2) is 0 Å². The zero-order valence-electron chi connectivity index (χ0n) is 7.42. The number of nitrogens with zero attached hydrogens (tertiary/aromatic N) is 1. The van der Waals surface area contributed by atoms with Crippen molar-refractivity contribution in [2.45, 2.75) is 0 Å². The Balaban J connectivity index is 0. The molecule has 0 aromatic carbocycles. The van der Waals surface area contributed by atoms with Crippen molar-refractivity contribution >= 4 is 12.1 Å². The summed E-state index contributed by atoms with van der Waals surface area (Å²) in [6.07, 6.45) is 2.10. The molecule has 0 spiro atoms. The highest BCUT2D eigenvalue weighted by Crippen LogP contribution is 1.94. The number of quaternary nitrogens is 1. The molecule has 0 saturated carbocycles. The molecule has 0 rings (SSSR count). The van der Waals surface area contributed by atoms with Gasteiger partial charge in [0.25, 0.3) is 0 Å². The molecular formula is C8H14ClNO2. The van der Waals surface area contributed by atoms with Crippen molar-refractivity contribution in [3.8, 4) is 0 Å². The molecule has 0 radical (unpaired) electrons. The molecule has 0 bridgehead atoms. The van der Waals surface area contributed by atoms with Crippen molar-refractivity contribution < 1.29 is 26.5 Å². The van der Waals surface area contributed by atoms with Crippen LogP contribution in [0, 0.1) is 0 Å². The maximum Gasteiger partial charge on any atom is 0.209 e. The van der Waals surface area contributed by atoms with Gasteiger partial charge in [-0.2, -0.15) is 0 Å². The van der Waals surface area contributed by atoms with Gasteiger partial charge >= 0.3 is 0 Å². The molecule has 0 saturated heterocycles. The van der Waals surface area contributed by atoms with E-state index in [0.717, 1.165) is 6.29 Å². The first-order chi connectivity index (χ1) is 5.02. The highest BCUT2D eigenvalue weighted by Gasteiger charge is 2.16. The second-order valence-electron chi connectivity index (χ2n) is 3.11. The van der Waals surface area contributed by atoms with Crippen molar-refractivity contribution in [2.75, 3.05) is 27.2 Å². The number of hydrogen-bond donors (Lipinski definition) is 0. The van der Waals surface area contributed by atoms with Gasteiger partial charge < -0.3 is 16.9 Å². The topological polar surface area (TPSA) is 34.1 Å². The van der Waals surface area contributed by atoms with E-state index >= 15 is 0 Å². The standard InChI is InChI=1S/C8H14NO2.ClH/c1-4-8(11)7-9(2,3)5-6-10;/h4,6H,1,5,7H2,2-3H3;1H/q+1;/p-1. The van der Waals surface area contributed by atoms with Crippen LogP contribution in [0.2, 0.25) is 0 Å². The third-order valence-corrected chi connectivity index (χ3v) is 1.38. The lowest BCUT2D eigenvalue weighted by atomic mass is 10.3. The van der Waals surface area contributed by atoms with E-state index in [1.807, 2.05) is 14.1 Å². The molecule has 0 fully saturated rings. The Morgan fingerprint density at radius 2 is 2.00 bits per heavy atom. The van der Waals surface area contributed by atoms with E-state index < -0.39 is 0 Å². The molecule has 12 heavy (non-hydrogen) atoms. The quantitative estimate of drug-likeness (QED) is 0.264. The van der Waals surface area contributed by atoms with Crippen LogP contribution in [0.25, 0.3) is 0 Å². The lowest BCUT2D eigenvalue weighted by Gasteiger charge is -2.25. The lowest BCUT2D eigenvalue weighted by molar-refractivity contribution is -0.873. The van der Waals surface area contributed by atoms with E-state index in [1.54, 1.807) is 0 Å². The van der Waals surface area contributed by atoms with Crippen LogP contribution in [-0.4, -0.2) is 43.7 Å². The summed E-state index contributed by atoms with van der Waals surface area (Å²) >= 11 is 0. The smallest absolute Gasteiger partial charge is 0.209 e. The van der Waals surface area contributed by atoms with Gasteiger partial charge in [-0.3, -0.25) is 9.59 Å². The van der Waals surface area contributed by atoms with Crippen molar-refractivity contribution in [1.82, 2.24) is 0 Å². The minimum absolute atomic E-state index is 0. The number of halogens is 1. The molecule has 0 atom stereocenters. The highest BCUT2D eigenvalue weighted by molar-refractivity contribution is 5.90. The lowest BCUT2D eigenvalue weighted by Crippen LogP contribution is -3.00. The van der Waals surface area contributed by atoms with Crippen LogP contribution >= 0.6 is 0 Å². The second kappa shape index (κ2) is 5.91. The minimum atomic E-state index is -0.0307. The van der Waals surface area contributed by atoms with Gasteiger partial charge in [-0.15, -0.1) is 0 Å². The normalized spacial score (nSPS) is 9.83. The Kier molecular flexibility index (Phi) is 6.85. The molecule has 0 aliphatic heterocycles. The average Bonchev–Trinajstić information content (AvgIpc) is 1.86. The summed E-state index contributed by atoms with van der Waals surface area (Å²) in [5, 5.41) is 0. The number of likely N-dealkylation sites (N-methyl/N-ethyl adjacent to an activating group) is 1. The van der Waals surface area contributed by atoms with E-state index in [2.05, 4.69) is 6.58 Å². The Labute approximate surface area is 79.1 Å². The zero-order valence-corrected chi connectivity index (χ0v) is 8.17. The minimum Gasteiger partial charge on any atom is -1.00 e. The second-order valence-corrected chi connectivity index (χ2v) is 3.11. The molecule has 0 amide bonds. The molecule has 3 nitrogen and oxygen atoms in total. The summed E-state index contributed by atoms with van der Waals surface area (Å²) in [4.78, 5) is 21.0. The third-order valence-electron chi connectivity index (χ3n) is 1.38. The van der Waals surface area contributed by atoms with Crippen molar-refractivity contribution in [1.29, 1.82) is 0 Å². The van der Waals surface area contributed by atoms with Crippen LogP contribution in [0.4, 0.5) is 0 Å². The molecule has 70 valence electrons. The fraction of sp³-hybridized carbons (Fsp3) is 0.500. The Morgan fingerprint density at radius 1 is 1.50 bits per heavy atom. The van der Waals surface area contributed by atoms with Crippen LogP contribution in [0.5, 0.6) is 0 Å². The summed E-state index contributed by atoms with van der Waals surface area (Å²) < 4.78 is 0.397. The molecule has 0 heterocycles. The summed E-state index contributed by atoms with van der Waals surface area (Å²) in [7, 11) is 3.66. The van der Waals surface area contributed by atoms with E-state index in [4.69, 9.17) is 0 Å². The van der Waals surface area contributed by atoms with E-state index in [-0.39, 0.29) is 18.2 Å². The molecule has 0 aliphatic rings.